The average molecular weight is 534 g/mol. The van der Waals surface area contributed by atoms with Crippen LogP contribution < -0.4 is 0 Å². The number of rotatable bonds is 9. The van der Waals surface area contributed by atoms with Crippen molar-refractivity contribution in [2.45, 2.75) is 32.6 Å². The molecule has 40 heavy (non-hydrogen) atoms. The Morgan fingerprint density at radius 2 is 2.02 bits per heavy atom. The van der Waals surface area contributed by atoms with E-state index < -0.39 is 0 Å². The molecule has 5 heterocycles. The molecule has 6 rings (SSSR count). The molecule has 4 aromatic heterocycles. The smallest absolute Gasteiger partial charge is 0.159 e. The van der Waals surface area contributed by atoms with Crippen molar-refractivity contribution < 1.29 is 4.39 Å². The van der Waals surface area contributed by atoms with E-state index in [0.717, 1.165) is 69.6 Å². The van der Waals surface area contributed by atoms with E-state index in [9.17, 15) is 4.39 Å². The maximum atomic E-state index is 14.8. The van der Waals surface area contributed by atoms with Crippen molar-refractivity contribution in [2.24, 2.45) is 0 Å². The topological polar surface area (TPSA) is 86.4 Å². The van der Waals surface area contributed by atoms with Gasteiger partial charge in [0.1, 0.15) is 11.5 Å². The number of allylic oxidation sites excluding steroid dienone is 2. The molecule has 1 aliphatic rings. The lowest BCUT2D eigenvalue weighted by atomic mass is 9.97. The molecule has 2 N–H and O–H groups in total. The Hall–Kier alpha value is -4.43. The number of aryl methyl sites for hydroxylation is 2. The summed E-state index contributed by atoms with van der Waals surface area (Å²) in [5.41, 5.74) is 7.41. The molecule has 5 aromatic rings. The van der Waals surface area contributed by atoms with Crippen molar-refractivity contribution in [1.29, 1.82) is 0 Å². The number of nitrogens with one attached hydrogen (secondary N) is 2. The Morgan fingerprint density at radius 3 is 2.83 bits per heavy atom. The SMILES string of the molecule is C=C/C=C(/c1cc(F)cc(CCCN2CCCC2)c1)c1nc(-c2n[nH]c3cnc(-c4cccnc4)cc23)[nH]c1C. The summed E-state index contributed by atoms with van der Waals surface area (Å²) in [6, 6.07) is 11.1. The molecule has 0 unspecified atom stereocenters. The summed E-state index contributed by atoms with van der Waals surface area (Å²) < 4.78 is 14.8. The molecule has 0 amide bonds. The fourth-order valence-corrected chi connectivity index (χ4v) is 5.50. The van der Waals surface area contributed by atoms with Crippen LogP contribution >= 0.6 is 0 Å². The first kappa shape index (κ1) is 25.8. The normalized spacial score (nSPS) is 14.3. The standard InChI is InChI=1S/C32H32FN7/c1-3-8-26(24-15-22(16-25(33)17-24)9-7-14-40-12-4-5-13-40)30-21(2)36-32(37-30)31-27-18-28(23-10-6-11-34-19-23)35-20-29(27)38-39-31/h3,6,8,10-11,15-20H,1,4-5,7,9,12-14H2,2H3,(H,36,37)(H,38,39)/b26-8-. The van der Waals surface area contributed by atoms with Gasteiger partial charge in [0, 0.05) is 34.6 Å². The van der Waals surface area contributed by atoms with E-state index in [0.29, 0.717) is 11.5 Å². The molecular formula is C32H32FN7. The van der Waals surface area contributed by atoms with E-state index in [1.165, 1.54) is 25.9 Å². The van der Waals surface area contributed by atoms with Crippen molar-refractivity contribution in [1.82, 2.24) is 35.0 Å². The monoisotopic (exact) mass is 533 g/mol. The zero-order chi connectivity index (χ0) is 27.5. The van der Waals surface area contributed by atoms with Gasteiger partial charge in [-0.15, -0.1) is 0 Å². The number of fused-ring (bicyclic) bond motifs is 1. The highest BCUT2D eigenvalue weighted by molar-refractivity contribution is 5.93. The molecule has 1 saturated heterocycles. The molecule has 0 radical (unpaired) electrons. The Morgan fingerprint density at radius 1 is 1.15 bits per heavy atom. The second-order valence-corrected chi connectivity index (χ2v) is 10.3. The van der Waals surface area contributed by atoms with Crippen molar-refractivity contribution in [3.05, 3.63) is 102 Å². The van der Waals surface area contributed by atoms with Crippen molar-refractivity contribution in [2.75, 3.05) is 19.6 Å². The lowest BCUT2D eigenvalue weighted by Crippen LogP contribution is -2.20. The molecule has 1 aliphatic heterocycles. The lowest BCUT2D eigenvalue weighted by Gasteiger charge is -2.14. The minimum absolute atomic E-state index is 0.245. The van der Waals surface area contributed by atoms with E-state index in [1.54, 1.807) is 36.8 Å². The average Bonchev–Trinajstić information content (AvgIpc) is 3.72. The molecule has 0 bridgehead atoms. The first-order valence-corrected chi connectivity index (χ1v) is 13.8. The van der Waals surface area contributed by atoms with Gasteiger partial charge in [-0.05, 0) is 93.7 Å². The van der Waals surface area contributed by atoms with Crippen molar-refractivity contribution in [3.8, 4) is 22.8 Å². The summed E-state index contributed by atoms with van der Waals surface area (Å²) in [4.78, 5) is 19.6. The Labute approximate surface area is 232 Å². The number of likely N-dealkylation sites (tertiary alicyclic amines) is 1. The van der Waals surface area contributed by atoms with Gasteiger partial charge < -0.3 is 9.88 Å². The maximum absolute atomic E-state index is 14.8. The van der Waals surface area contributed by atoms with Gasteiger partial charge in [-0.3, -0.25) is 15.1 Å². The summed E-state index contributed by atoms with van der Waals surface area (Å²) in [7, 11) is 0. The van der Waals surface area contributed by atoms with E-state index in [2.05, 4.69) is 42.7 Å². The zero-order valence-electron chi connectivity index (χ0n) is 22.6. The van der Waals surface area contributed by atoms with Gasteiger partial charge in [-0.1, -0.05) is 24.8 Å². The van der Waals surface area contributed by atoms with Crippen LogP contribution in [-0.2, 0) is 6.42 Å². The minimum atomic E-state index is -0.245. The van der Waals surface area contributed by atoms with Crippen LogP contribution in [0.3, 0.4) is 0 Å². The largest absolute Gasteiger partial charge is 0.340 e. The van der Waals surface area contributed by atoms with Gasteiger partial charge in [-0.25, -0.2) is 9.37 Å². The minimum Gasteiger partial charge on any atom is -0.340 e. The molecule has 202 valence electrons. The summed E-state index contributed by atoms with van der Waals surface area (Å²) in [5.74, 6) is 0.380. The molecular weight excluding hydrogens is 501 g/mol. The molecule has 0 aliphatic carbocycles. The highest BCUT2D eigenvalue weighted by Crippen LogP contribution is 2.32. The maximum Gasteiger partial charge on any atom is 0.159 e. The fraction of sp³-hybridized carbons (Fsp3) is 0.250. The van der Waals surface area contributed by atoms with Crippen LogP contribution in [0.2, 0.25) is 0 Å². The quantitative estimate of drug-likeness (QED) is 0.211. The Bertz CT molecular complexity index is 1680. The predicted molar refractivity (Wildman–Crippen MR) is 157 cm³/mol. The third kappa shape index (κ3) is 5.35. The fourth-order valence-electron chi connectivity index (χ4n) is 5.50. The van der Waals surface area contributed by atoms with Crippen LogP contribution in [0.1, 0.15) is 41.8 Å². The number of halogens is 1. The molecule has 0 spiro atoms. The van der Waals surface area contributed by atoms with Crippen molar-refractivity contribution in [3.63, 3.8) is 0 Å². The first-order valence-electron chi connectivity index (χ1n) is 13.8. The van der Waals surface area contributed by atoms with Crippen LogP contribution in [-0.4, -0.2) is 54.7 Å². The Kier molecular flexibility index (Phi) is 7.33. The van der Waals surface area contributed by atoms with E-state index in [-0.39, 0.29) is 5.82 Å². The van der Waals surface area contributed by atoms with Gasteiger partial charge in [-0.2, -0.15) is 5.10 Å². The second kappa shape index (κ2) is 11.4. The van der Waals surface area contributed by atoms with Gasteiger partial charge in [0.2, 0.25) is 0 Å². The van der Waals surface area contributed by atoms with Crippen molar-refractivity contribution >= 4 is 16.5 Å². The van der Waals surface area contributed by atoms with Crippen LogP contribution in [0.4, 0.5) is 4.39 Å². The van der Waals surface area contributed by atoms with Gasteiger partial charge in [0.05, 0.1) is 23.1 Å². The third-order valence-electron chi connectivity index (χ3n) is 7.46. The van der Waals surface area contributed by atoms with E-state index in [1.807, 2.05) is 31.2 Å². The third-order valence-corrected chi connectivity index (χ3v) is 7.46. The number of benzene rings is 1. The number of H-pyrrole nitrogens is 2. The molecule has 0 atom stereocenters. The van der Waals surface area contributed by atoms with E-state index >= 15 is 0 Å². The second-order valence-electron chi connectivity index (χ2n) is 10.3. The van der Waals surface area contributed by atoms with Gasteiger partial charge >= 0.3 is 0 Å². The van der Waals surface area contributed by atoms with Gasteiger partial charge in [0.25, 0.3) is 0 Å². The highest BCUT2D eigenvalue weighted by atomic mass is 19.1. The summed E-state index contributed by atoms with van der Waals surface area (Å²) >= 11 is 0. The number of aromatic amines is 2. The number of pyridine rings is 2. The predicted octanol–water partition coefficient (Wildman–Crippen LogP) is 6.50. The zero-order valence-corrected chi connectivity index (χ0v) is 22.6. The van der Waals surface area contributed by atoms with E-state index in [4.69, 9.17) is 4.98 Å². The number of hydrogen-bond donors (Lipinski definition) is 2. The van der Waals surface area contributed by atoms with Crippen LogP contribution in [0.15, 0.2) is 73.7 Å². The first-order chi connectivity index (χ1) is 19.6. The number of aromatic nitrogens is 6. The molecule has 1 fully saturated rings. The molecule has 0 saturated carbocycles. The number of hydrogen-bond acceptors (Lipinski definition) is 5. The lowest BCUT2D eigenvalue weighted by molar-refractivity contribution is 0.334. The highest BCUT2D eigenvalue weighted by Gasteiger charge is 2.19. The molecule has 7 nitrogen and oxygen atoms in total. The molecule has 8 heteroatoms. The number of imidazole rings is 1. The summed E-state index contributed by atoms with van der Waals surface area (Å²) in [5, 5.41) is 8.51. The van der Waals surface area contributed by atoms with Gasteiger partial charge in [0.15, 0.2) is 5.82 Å². The van der Waals surface area contributed by atoms with Crippen LogP contribution in [0.5, 0.6) is 0 Å². The Balaban J connectivity index is 1.32. The summed E-state index contributed by atoms with van der Waals surface area (Å²) in [6.07, 6.45) is 13.3. The molecule has 1 aromatic carbocycles. The summed E-state index contributed by atoms with van der Waals surface area (Å²) in [6.45, 7) is 9.28. The number of nitrogens with zero attached hydrogens (tertiary/aromatic N) is 5. The van der Waals surface area contributed by atoms with Crippen LogP contribution in [0.25, 0.3) is 39.3 Å². The van der Waals surface area contributed by atoms with Crippen LogP contribution in [0, 0.1) is 12.7 Å².